The van der Waals surface area contributed by atoms with E-state index < -0.39 is 22.9 Å². The zero-order valence-electron chi connectivity index (χ0n) is 17.7. The van der Waals surface area contributed by atoms with Crippen molar-refractivity contribution in [3.05, 3.63) is 97.0 Å². The number of halogens is 2. The van der Waals surface area contributed by atoms with Gasteiger partial charge in [-0.2, -0.15) is 0 Å². The lowest BCUT2D eigenvalue weighted by Crippen LogP contribution is -2.53. The Balaban J connectivity index is 1.79. The summed E-state index contributed by atoms with van der Waals surface area (Å²) in [5, 5.41) is 15.8. The zero-order valence-corrected chi connectivity index (χ0v) is 20.1. The highest BCUT2D eigenvalue weighted by Gasteiger charge is 2.36. The summed E-state index contributed by atoms with van der Waals surface area (Å²) >= 11 is 9.73. The number of rotatable bonds is 6. The van der Waals surface area contributed by atoms with Crippen LogP contribution in [0, 0.1) is 10.1 Å². The van der Waals surface area contributed by atoms with Crippen molar-refractivity contribution in [2.75, 3.05) is 11.9 Å². The van der Waals surface area contributed by atoms with Crippen LogP contribution < -0.4 is 15.5 Å². The van der Waals surface area contributed by atoms with Crippen molar-refractivity contribution in [3.8, 4) is 5.75 Å². The number of nitrogens with one attached hydrogen (secondary N) is 2. The molecule has 0 fully saturated rings. The van der Waals surface area contributed by atoms with Gasteiger partial charge in [-0.05, 0) is 43.3 Å². The predicted octanol–water partition coefficient (Wildman–Crippen LogP) is 5.32. The Morgan fingerprint density at radius 3 is 2.74 bits per heavy atom. The first-order chi connectivity index (χ1) is 16.3. The van der Waals surface area contributed by atoms with Crippen molar-refractivity contribution in [1.29, 1.82) is 0 Å². The molecule has 0 unspecified atom stereocenters. The molecule has 0 radical (unpaired) electrons. The molecule has 4 rings (SSSR count). The van der Waals surface area contributed by atoms with Crippen molar-refractivity contribution >= 4 is 50.7 Å². The Hall–Kier alpha value is -3.63. The first-order valence-corrected chi connectivity index (χ1v) is 11.3. The normalized spacial score (nSPS) is 14.7. The number of hydrogen-bond acceptors (Lipinski definition) is 6. The molecule has 34 heavy (non-hydrogen) atoms. The highest BCUT2D eigenvalue weighted by molar-refractivity contribution is 9.10. The maximum atomic E-state index is 13.5. The maximum absolute atomic E-state index is 13.5. The molecular weight excluding hydrogens is 528 g/mol. The molecule has 174 valence electrons. The van der Waals surface area contributed by atoms with Crippen molar-refractivity contribution < 1.29 is 19.2 Å². The number of nitro groups is 1. The number of non-ortho nitro benzene ring substituents is 1. The number of hydrogen-bond donors (Lipinski definition) is 2. The summed E-state index contributed by atoms with van der Waals surface area (Å²) in [7, 11) is 0. The molecule has 1 heterocycles. The lowest BCUT2D eigenvalue weighted by atomic mass is 10.0. The first-order valence-electron chi connectivity index (χ1n) is 10.2. The smallest absolute Gasteiger partial charge is 0.276 e. The van der Waals surface area contributed by atoms with Crippen LogP contribution in [0.3, 0.4) is 0 Å². The lowest BCUT2D eigenvalue weighted by molar-refractivity contribution is -0.384. The molecule has 0 spiro atoms. The second-order valence-electron chi connectivity index (χ2n) is 7.24. The largest absolute Gasteiger partial charge is 0.493 e. The molecular formula is C23H18BrClN4O5. The summed E-state index contributed by atoms with van der Waals surface area (Å²) in [5.74, 6) is -0.762. The summed E-state index contributed by atoms with van der Waals surface area (Å²) in [5.41, 5.74) is 3.68. The number of para-hydroxylation sites is 1. The summed E-state index contributed by atoms with van der Waals surface area (Å²) in [6.07, 6.45) is -1.02. The summed E-state index contributed by atoms with van der Waals surface area (Å²) in [6.45, 7) is 2.14. The Bertz CT molecular complexity index is 1300. The molecule has 3 aromatic carbocycles. The summed E-state index contributed by atoms with van der Waals surface area (Å²) in [6, 6.07) is 15.6. The fourth-order valence-corrected chi connectivity index (χ4v) is 4.15. The molecule has 0 aliphatic carbocycles. The Morgan fingerprint density at radius 2 is 2.00 bits per heavy atom. The second-order valence-corrected chi connectivity index (χ2v) is 8.57. The second kappa shape index (κ2) is 9.70. The molecule has 11 heteroatoms. The summed E-state index contributed by atoms with van der Waals surface area (Å²) in [4.78, 5) is 37.5. The fourth-order valence-electron chi connectivity index (χ4n) is 3.57. The van der Waals surface area contributed by atoms with E-state index >= 15 is 0 Å². The third kappa shape index (κ3) is 4.55. The van der Waals surface area contributed by atoms with Crippen LogP contribution in [-0.4, -0.2) is 28.4 Å². The number of amides is 2. The highest BCUT2D eigenvalue weighted by atomic mass is 79.9. The van der Waals surface area contributed by atoms with Crippen molar-refractivity contribution in [3.63, 3.8) is 0 Å². The van der Waals surface area contributed by atoms with Crippen LogP contribution in [0.15, 0.2) is 65.1 Å². The van der Waals surface area contributed by atoms with Gasteiger partial charge in [-0.15, -0.1) is 0 Å². The first kappa shape index (κ1) is 23.5. The SMILES string of the molecule is CCOc1ccccc1C(=O)NN1C(=O)c2cc(Br)ccc2N[C@H]1c1cc([N+](=O)[O-])ccc1Cl. The lowest BCUT2D eigenvalue weighted by Gasteiger charge is -2.38. The third-order valence-electron chi connectivity index (χ3n) is 5.12. The van der Waals surface area contributed by atoms with E-state index in [2.05, 4.69) is 26.7 Å². The minimum absolute atomic E-state index is 0.186. The van der Waals surface area contributed by atoms with E-state index in [0.717, 1.165) is 5.01 Å². The predicted molar refractivity (Wildman–Crippen MR) is 130 cm³/mol. The molecule has 2 N–H and O–H groups in total. The van der Waals surface area contributed by atoms with Gasteiger partial charge in [0.2, 0.25) is 0 Å². The van der Waals surface area contributed by atoms with Crippen molar-refractivity contribution in [1.82, 2.24) is 10.4 Å². The molecule has 0 bridgehead atoms. The molecule has 1 aliphatic rings. The van der Waals surface area contributed by atoms with Gasteiger partial charge < -0.3 is 10.1 Å². The third-order valence-corrected chi connectivity index (χ3v) is 5.96. The van der Waals surface area contributed by atoms with Crippen LogP contribution in [0.4, 0.5) is 11.4 Å². The molecule has 3 aromatic rings. The van der Waals surface area contributed by atoms with Gasteiger partial charge in [0.15, 0.2) is 0 Å². The van der Waals surface area contributed by atoms with E-state index in [0.29, 0.717) is 28.1 Å². The molecule has 2 amide bonds. The number of carbonyl (C=O) groups is 2. The van der Waals surface area contributed by atoms with Gasteiger partial charge >= 0.3 is 0 Å². The number of hydrazine groups is 1. The van der Waals surface area contributed by atoms with Crippen LogP contribution in [0.2, 0.25) is 5.02 Å². The van der Waals surface area contributed by atoms with Gasteiger partial charge in [0.25, 0.3) is 17.5 Å². The van der Waals surface area contributed by atoms with Gasteiger partial charge in [-0.25, -0.2) is 5.01 Å². The maximum Gasteiger partial charge on any atom is 0.276 e. The standard InChI is InChI=1S/C23H18BrClN4O5/c1-2-34-20-6-4-3-5-15(20)22(30)27-28-21(16-12-14(29(32)33)8-9-18(16)25)26-19-10-7-13(24)11-17(19)23(28)31/h3-12,21,26H,2H2,1H3,(H,27,30)/t21-/m1/s1. The number of nitrogens with zero attached hydrogens (tertiary/aromatic N) is 2. The number of nitro benzene ring substituents is 1. The molecule has 0 aromatic heterocycles. The number of anilines is 1. The molecule has 1 atom stereocenters. The number of ether oxygens (including phenoxy) is 1. The summed E-state index contributed by atoms with van der Waals surface area (Å²) < 4.78 is 6.20. The molecule has 9 nitrogen and oxygen atoms in total. The highest BCUT2D eigenvalue weighted by Crippen LogP contribution is 2.37. The van der Waals surface area contributed by atoms with Gasteiger partial charge in [0.05, 0.1) is 22.7 Å². The van der Waals surface area contributed by atoms with E-state index in [1.54, 1.807) is 49.4 Å². The van der Waals surface area contributed by atoms with E-state index in [9.17, 15) is 19.7 Å². The number of benzene rings is 3. The minimum atomic E-state index is -1.02. The Labute approximate surface area is 207 Å². The number of carbonyl (C=O) groups excluding carboxylic acids is 2. The Morgan fingerprint density at radius 1 is 1.24 bits per heavy atom. The Kier molecular flexibility index (Phi) is 6.71. The molecule has 0 saturated heterocycles. The average molecular weight is 546 g/mol. The average Bonchev–Trinajstić information content (AvgIpc) is 2.82. The van der Waals surface area contributed by atoms with Crippen molar-refractivity contribution in [2.24, 2.45) is 0 Å². The van der Waals surface area contributed by atoms with Crippen LogP contribution in [0.5, 0.6) is 5.75 Å². The van der Waals surface area contributed by atoms with Crippen LogP contribution in [0.25, 0.3) is 0 Å². The quantitative estimate of drug-likeness (QED) is 0.320. The minimum Gasteiger partial charge on any atom is -0.493 e. The van der Waals surface area contributed by atoms with E-state index in [-0.39, 0.29) is 21.8 Å². The van der Waals surface area contributed by atoms with Gasteiger partial charge in [-0.3, -0.25) is 25.1 Å². The van der Waals surface area contributed by atoms with Crippen LogP contribution >= 0.6 is 27.5 Å². The van der Waals surface area contributed by atoms with E-state index in [4.69, 9.17) is 16.3 Å². The van der Waals surface area contributed by atoms with Gasteiger partial charge in [-0.1, -0.05) is 39.7 Å². The monoisotopic (exact) mass is 544 g/mol. The van der Waals surface area contributed by atoms with Crippen LogP contribution in [0.1, 0.15) is 39.4 Å². The van der Waals surface area contributed by atoms with E-state index in [1.807, 2.05) is 0 Å². The van der Waals surface area contributed by atoms with Crippen molar-refractivity contribution in [2.45, 2.75) is 13.1 Å². The zero-order chi connectivity index (χ0) is 24.4. The molecule has 1 aliphatic heterocycles. The number of fused-ring (bicyclic) bond motifs is 1. The van der Waals surface area contributed by atoms with Gasteiger partial charge in [0, 0.05) is 32.9 Å². The van der Waals surface area contributed by atoms with E-state index in [1.165, 1.54) is 18.2 Å². The molecule has 0 saturated carbocycles. The van der Waals surface area contributed by atoms with Crippen LogP contribution in [-0.2, 0) is 0 Å². The topological polar surface area (TPSA) is 114 Å². The van der Waals surface area contributed by atoms with Gasteiger partial charge in [0.1, 0.15) is 11.9 Å². The fraction of sp³-hybridized carbons (Fsp3) is 0.130.